The van der Waals surface area contributed by atoms with Crippen LogP contribution in [0.15, 0.2) is 54.9 Å². The van der Waals surface area contributed by atoms with Gasteiger partial charge in [0.1, 0.15) is 11.4 Å². The highest BCUT2D eigenvalue weighted by Gasteiger charge is 2.67. The molecule has 1 aromatic heterocycles. The molecule has 2 aromatic rings. The van der Waals surface area contributed by atoms with E-state index >= 15 is 0 Å². The van der Waals surface area contributed by atoms with Gasteiger partial charge in [-0.25, -0.2) is 4.39 Å². The first-order valence-corrected chi connectivity index (χ1v) is 10.1. The lowest BCUT2D eigenvalue weighted by Gasteiger charge is -2.27. The molecule has 3 aliphatic heterocycles. The maximum atomic E-state index is 13.3. The third kappa shape index (κ3) is 2.94. The number of rotatable bonds is 6. The number of carbonyl (C=O) groups excluding carboxylic acids is 2. The van der Waals surface area contributed by atoms with Crippen molar-refractivity contribution in [3.63, 3.8) is 0 Å². The monoisotopic (exact) mass is 410 g/mol. The van der Waals surface area contributed by atoms with E-state index in [-0.39, 0.29) is 23.7 Å². The van der Waals surface area contributed by atoms with Crippen molar-refractivity contribution in [1.82, 2.24) is 14.7 Å². The fourth-order valence-electron chi connectivity index (χ4n) is 4.89. The van der Waals surface area contributed by atoms with Crippen LogP contribution in [-0.4, -0.2) is 58.3 Å². The predicted molar refractivity (Wildman–Crippen MR) is 107 cm³/mol. The molecule has 0 radical (unpaired) electrons. The number of fused-ring (bicyclic) bond motifs is 1. The molecule has 2 unspecified atom stereocenters. The van der Waals surface area contributed by atoms with Gasteiger partial charge in [0.2, 0.25) is 11.8 Å². The van der Waals surface area contributed by atoms with Gasteiger partial charge < -0.3 is 14.5 Å². The van der Waals surface area contributed by atoms with Crippen LogP contribution in [0.3, 0.4) is 0 Å². The molecule has 1 spiro atoms. The van der Waals surface area contributed by atoms with E-state index in [4.69, 9.17) is 4.74 Å². The van der Waals surface area contributed by atoms with Crippen molar-refractivity contribution in [3.05, 3.63) is 60.7 Å². The van der Waals surface area contributed by atoms with Crippen LogP contribution < -0.4 is 4.90 Å². The number of aryl methyl sites for hydroxylation is 1. The number of hydrogen-bond donors (Lipinski definition) is 0. The Morgan fingerprint density at radius 1 is 1.37 bits per heavy atom. The van der Waals surface area contributed by atoms with Crippen molar-refractivity contribution in [1.29, 1.82) is 0 Å². The second-order valence-corrected chi connectivity index (χ2v) is 8.18. The first kappa shape index (κ1) is 19.0. The molecule has 7 nitrogen and oxygen atoms in total. The van der Waals surface area contributed by atoms with Crippen LogP contribution >= 0.6 is 0 Å². The van der Waals surface area contributed by atoms with E-state index in [9.17, 15) is 14.0 Å². The summed E-state index contributed by atoms with van der Waals surface area (Å²) in [4.78, 5) is 29.9. The maximum Gasteiger partial charge on any atom is 0.234 e. The van der Waals surface area contributed by atoms with E-state index in [1.54, 1.807) is 35.2 Å². The third-order valence-electron chi connectivity index (χ3n) is 6.34. The zero-order valence-electron chi connectivity index (χ0n) is 16.6. The van der Waals surface area contributed by atoms with Crippen LogP contribution in [0.1, 0.15) is 6.42 Å². The Labute approximate surface area is 173 Å². The Morgan fingerprint density at radius 2 is 2.17 bits per heavy atom. The van der Waals surface area contributed by atoms with E-state index in [0.29, 0.717) is 18.8 Å². The smallest absolute Gasteiger partial charge is 0.234 e. The quantitative estimate of drug-likeness (QED) is 0.682. The van der Waals surface area contributed by atoms with Crippen molar-refractivity contribution < 1.29 is 18.7 Å². The molecule has 5 rings (SSSR count). The zero-order valence-corrected chi connectivity index (χ0v) is 16.6. The second kappa shape index (κ2) is 7.05. The summed E-state index contributed by atoms with van der Waals surface area (Å²) in [5.41, 5.74) is -0.170. The molecule has 2 bridgehead atoms. The molecule has 3 aliphatic rings. The van der Waals surface area contributed by atoms with Crippen LogP contribution in [0.25, 0.3) is 0 Å². The van der Waals surface area contributed by atoms with Gasteiger partial charge >= 0.3 is 0 Å². The van der Waals surface area contributed by atoms with E-state index in [1.807, 2.05) is 29.1 Å². The molecule has 156 valence electrons. The maximum absolute atomic E-state index is 13.3. The Balaban J connectivity index is 1.31. The molecule has 2 fully saturated rings. The highest BCUT2D eigenvalue weighted by atomic mass is 19.1. The lowest BCUT2D eigenvalue weighted by Crippen LogP contribution is -2.45. The van der Waals surface area contributed by atoms with E-state index in [1.165, 1.54) is 12.1 Å². The number of halogens is 1. The number of anilines is 1. The molecule has 2 amide bonds. The number of nitrogens with zero attached hydrogens (tertiary/aromatic N) is 4. The molecular weight excluding hydrogens is 387 g/mol. The van der Waals surface area contributed by atoms with Crippen LogP contribution in [0.5, 0.6) is 0 Å². The predicted octanol–water partition coefficient (Wildman–Crippen LogP) is 1.86. The fourth-order valence-corrected chi connectivity index (χ4v) is 4.89. The number of carbonyl (C=O) groups is 2. The van der Waals surface area contributed by atoms with Crippen molar-refractivity contribution in [2.45, 2.75) is 24.7 Å². The molecular formula is C22H23FN4O3. The molecule has 30 heavy (non-hydrogen) atoms. The zero-order chi connectivity index (χ0) is 20.9. The minimum absolute atomic E-state index is 0.0778. The highest BCUT2D eigenvalue weighted by Crippen LogP contribution is 2.53. The van der Waals surface area contributed by atoms with Crippen LogP contribution in [0.4, 0.5) is 10.1 Å². The molecule has 1 aromatic carbocycles. The average Bonchev–Trinajstić information content (AvgIpc) is 3.50. The van der Waals surface area contributed by atoms with Gasteiger partial charge in [0.05, 0.1) is 24.5 Å². The summed E-state index contributed by atoms with van der Waals surface area (Å²) in [6.07, 6.45) is 7.83. The Hall–Kier alpha value is -3.00. The first-order valence-electron chi connectivity index (χ1n) is 10.1. The Bertz CT molecular complexity index is 990. The standard InChI is InChI=1S/C22H23FN4O3/c1-25(11-3-13-26-12-2-10-24-26)20(28)18-17-8-9-22(30-17)14-27(21(29)19(18)22)16-6-4-15(23)5-7-16/h2,4-10,12,17-19H,3,11,13-14H2,1H3/t17-,18?,19?,22-/m0/s1. The number of amides is 2. The van der Waals surface area contributed by atoms with Gasteiger partial charge in [-0.05, 0) is 36.8 Å². The summed E-state index contributed by atoms with van der Waals surface area (Å²) in [6.45, 7) is 1.63. The van der Waals surface area contributed by atoms with Crippen molar-refractivity contribution in [2.75, 3.05) is 25.0 Å². The van der Waals surface area contributed by atoms with Gasteiger partial charge in [-0.3, -0.25) is 14.3 Å². The van der Waals surface area contributed by atoms with Gasteiger partial charge in [-0.1, -0.05) is 12.2 Å². The van der Waals surface area contributed by atoms with Gasteiger partial charge in [0, 0.05) is 38.2 Å². The summed E-state index contributed by atoms with van der Waals surface area (Å²) < 4.78 is 21.3. The van der Waals surface area contributed by atoms with Gasteiger partial charge in [0.15, 0.2) is 0 Å². The Morgan fingerprint density at radius 3 is 2.90 bits per heavy atom. The Kier molecular flexibility index (Phi) is 4.47. The second-order valence-electron chi connectivity index (χ2n) is 8.18. The van der Waals surface area contributed by atoms with E-state index < -0.39 is 17.4 Å². The summed E-state index contributed by atoms with van der Waals surface area (Å²) in [5, 5.41) is 4.17. The molecule has 8 heteroatoms. The minimum Gasteiger partial charge on any atom is -0.360 e. The molecule has 4 heterocycles. The number of aromatic nitrogens is 2. The fraction of sp³-hybridized carbons (Fsp3) is 0.409. The summed E-state index contributed by atoms with van der Waals surface area (Å²) in [6, 6.07) is 7.70. The first-order chi connectivity index (χ1) is 14.5. The lowest BCUT2D eigenvalue weighted by molar-refractivity contribution is -0.139. The summed E-state index contributed by atoms with van der Waals surface area (Å²) in [5.74, 6) is -1.67. The van der Waals surface area contributed by atoms with Gasteiger partial charge in [0.25, 0.3) is 0 Å². The summed E-state index contributed by atoms with van der Waals surface area (Å²) in [7, 11) is 1.77. The highest BCUT2D eigenvalue weighted by molar-refractivity contribution is 6.03. The molecule has 0 N–H and O–H groups in total. The van der Waals surface area contributed by atoms with Crippen molar-refractivity contribution >= 4 is 17.5 Å². The van der Waals surface area contributed by atoms with Gasteiger partial charge in [-0.15, -0.1) is 0 Å². The summed E-state index contributed by atoms with van der Waals surface area (Å²) >= 11 is 0. The number of benzene rings is 1. The van der Waals surface area contributed by atoms with Crippen LogP contribution in [-0.2, 0) is 20.9 Å². The van der Waals surface area contributed by atoms with Crippen molar-refractivity contribution in [3.8, 4) is 0 Å². The van der Waals surface area contributed by atoms with E-state index in [2.05, 4.69) is 5.10 Å². The SMILES string of the molecule is CN(CCCn1cccn1)C(=O)C1C2C(=O)N(c3ccc(F)cc3)C[C@@]23C=C[C@@H]1O3. The van der Waals surface area contributed by atoms with Crippen LogP contribution in [0, 0.1) is 17.7 Å². The topological polar surface area (TPSA) is 67.7 Å². The lowest BCUT2D eigenvalue weighted by atomic mass is 9.76. The number of hydrogen-bond acceptors (Lipinski definition) is 4. The average molecular weight is 410 g/mol. The molecule has 2 saturated heterocycles. The normalized spacial score (nSPS) is 28.9. The molecule has 0 saturated carbocycles. The van der Waals surface area contributed by atoms with E-state index in [0.717, 1.165) is 13.0 Å². The van der Waals surface area contributed by atoms with Gasteiger partial charge in [-0.2, -0.15) is 5.10 Å². The minimum atomic E-state index is -0.785. The molecule has 4 atom stereocenters. The largest absolute Gasteiger partial charge is 0.360 e. The van der Waals surface area contributed by atoms with Crippen LogP contribution in [0.2, 0.25) is 0 Å². The van der Waals surface area contributed by atoms with Crippen molar-refractivity contribution in [2.24, 2.45) is 11.8 Å². The number of ether oxygens (including phenoxy) is 1. The third-order valence-corrected chi connectivity index (χ3v) is 6.34. The molecule has 0 aliphatic carbocycles.